The number of thiazole rings is 1. The van der Waals surface area contributed by atoms with Crippen LogP contribution in [0.25, 0.3) is 22.0 Å². The number of amides is 1. The lowest BCUT2D eigenvalue weighted by Gasteiger charge is -2.33. The maximum absolute atomic E-state index is 14.3. The molecule has 0 spiro atoms. The van der Waals surface area contributed by atoms with Crippen molar-refractivity contribution >= 4 is 44.7 Å². The molecule has 3 heterocycles. The Morgan fingerprint density at radius 3 is 2.77 bits per heavy atom. The number of nitrogens with one attached hydrogen (secondary N) is 1. The van der Waals surface area contributed by atoms with Crippen molar-refractivity contribution in [3.05, 3.63) is 64.9 Å². The zero-order chi connectivity index (χ0) is 27.7. The molecule has 2 aromatic carbocycles. The maximum atomic E-state index is 14.3. The minimum absolute atomic E-state index is 0.0353. The van der Waals surface area contributed by atoms with Crippen LogP contribution in [0.3, 0.4) is 0 Å². The molecule has 2 aromatic heterocycles. The number of likely N-dealkylation sites (tertiary alicyclic amines) is 1. The largest absolute Gasteiger partial charge is 0.494 e. The molecule has 0 aliphatic carbocycles. The fourth-order valence-electron chi connectivity index (χ4n) is 4.69. The zero-order valence-electron chi connectivity index (χ0n) is 22.2. The number of ether oxygens (including phenoxy) is 2. The van der Waals surface area contributed by atoms with Gasteiger partial charge in [0.25, 0.3) is 0 Å². The molecule has 0 radical (unpaired) electrons. The molecule has 204 valence electrons. The summed E-state index contributed by atoms with van der Waals surface area (Å²) < 4.78 is 26.0. The van der Waals surface area contributed by atoms with Crippen molar-refractivity contribution in [2.45, 2.75) is 39.3 Å². The van der Waals surface area contributed by atoms with Crippen molar-refractivity contribution in [3.8, 4) is 22.9 Å². The lowest BCUT2D eigenvalue weighted by atomic mass is 9.86. The standard InChI is InChI=1S/C29H30ClFN4O3S/c1-29(2,3)25(34-28-33-23(16-39-28)20-7-5-6-8-22(20)31)27(36)35-12-11-18(15-35)38-26-21-13-17(30)9-10-19(21)24(37-4)14-32-26/h5-10,13-14,16,18,25H,11-12,15H2,1-4H3,(H,33,34)/t18-,25-/m1/s1. The summed E-state index contributed by atoms with van der Waals surface area (Å²) in [5.74, 6) is 0.729. The Bertz CT molecular complexity index is 1510. The Morgan fingerprint density at radius 2 is 2.03 bits per heavy atom. The van der Waals surface area contributed by atoms with E-state index in [1.54, 1.807) is 43.0 Å². The molecule has 1 aliphatic heterocycles. The number of fused-ring (bicyclic) bond motifs is 1. The van der Waals surface area contributed by atoms with E-state index in [-0.39, 0.29) is 17.8 Å². The molecule has 5 rings (SSSR count). The normalized spacial score (nSPS) is 16.4. The third-order valence-corrected chi connectivity index (χ3v) is 7.77. The average Bonchev–Trinajstić information content (AvgIpc) is 3.57. The van der Waals surface area contributed by atoms with E-state index >= 15 is 0 Å². The average molecular weight is 569 g/mol. The van der Waals surface area contributed by atoms with Crippen molar-refractivity contribution in [1.29, 1.82) is 0 Å². The van der Waals surface area contributed by atoms with Crippen LogP contribution >= 0.6 is 22.9 Å². The molecule has 39 heavy (non-hydrogen) atoms. The minimum atomic E-state index is -0.533. The first-order chi connectivity index (χ1) is 18.6. The molecule has 2 atom stereocenters. The van der Waals surface area contributed by atoms with Gasteiger partial charge in [0.2, 0.25) is 11.8 Å². The number of halogens is 2. The van der Waals surface area contributed by atoms with Gasteiger partial charge in [-0.2, -0.15) is 0 Å². The highest BCUT2D eigenvalue weighted by molar-refractivity contribution is 7.14. The molecule has 4 aromatic rings. The van der Waals surface area contributed by atoms with Gasteiger partial charge in [0.05, 0.1) is 25.5 Å². The summed E-state index contributed by atoms with van der Waals surface area (Å²) in [7, 11) is 1.60. The monoisotopic (exact) mass is 568 g/mol. The predicted octanol–water partition coefficient (Wildman–Crippen LogP) is 6.67. The van der Waals surface area contributed by atoms with Crippen LogP contribution in [0.15, 0.2) is 54.0 Å². The van der Waals surface area contributed by atoms with Gasteiger partial charge in [0.15, 0.2) is 5.13 Å². The summed E-state index contributed by atoms with van der Waals surface area (Å²) >= 11 is 7.60. The first kappa shape index (κ1) is 27.1. The zero-order valence-corrected chi connectivity index (χ0v) is 23.8. The van der Waals surface area contributed by atoms with Crippen molar-refractivity contribution in [1.82, 2.24) is 14.9 Å². The Kier molecular flexibility index (Phi) is 7.64. The van der Waals surface area contributed by atoms with Crippen molar-refractivity contribution in [2.24, 2.45) is 5.41 Å². The van der Waals surface area contributed by atoms with Gasteiger partial charge < -0.3 is 19.7 Å². The topological polar surface area (TPSA) is 76.6 Å². The fraction of sp³-hybridized carbons (Fsp3) is 0.345. The van der Waals surface area contributed by atoms with E-state index in [0.717, 1.165) is 10.8 Å². The second-order valence-electron chi connectivity index (χ2n) is 10.6. The van der Waals surface area contributed by atoms with Crippen LogP contribution in [0.4, 0.5) is 9.52 Å². The highest BCUT2D eigenvalue weighted by Crippen LogP contribution is 2.35. The molecular formula is C29H30ClFN4O3S. The Labute approximate surface area is 235 Å². The highest BCUT2D eigenvalue weighted by atomic mass is 35.5. The van der Waals surface area contributed by atoms with E-state index in [0.29, 0.717) is 52.6 Å². The first-order valence-electron chi connectivity index (χ1n) is 12.7. The number of anilines is 1. The van der Waals surface area contributed by atoms with Crippen LogP contribution in [0.5, 0.6) is 11.6 Å². The number of nitrogens with zero attached hydrogens (tertiary/aromatic N) is 3. The van der Waals surface area contributed by atoms with E-state index in [9.17, 15) is 9.18 Å². The molecule has 10 heteroatoms. The van der Waals surface area contributed by atoms with E-state index in [2.05, 4.69) is 15.3 Å². The van der Waals surface area contributed by atoms with E-state index in [4.69, 9.17) is 21.1 Å². The quantitative estimate of drug-likeness (QED) is 0.268. The molecule has 0 unspecified atom stereocenters. The number of aromatic nitrogens is 2. The molecule has 1 saturated heterocycles. The lowest BCUT2D eigenvalue weighted by Crippen LogP contribution is -2.49. The molecule has 0 saturated carbocycles. The van der Waals surface area contributed by atoms with Gasteiger partial charge in [-0.1, -0.05) is 44.5 Å². The molecule has 0 bridgehead atoms. The van der Waals surface area contributed by atoms with E-state index in [1.165, 1.54) is 17.4 Å². The second kappa shape index (κ2) is 11.0. The second-order valence-corrected chi connectivity index (χ2v) is 11.9. The van der Waals surface area contributed by atoms with Gasteiger partial charge in [0, 0.05) is 39.7 Å². The number of methoxy groups -OCH3 is 1. The number of rotatable bonds is 7. The Morgan fingerprint density at radius 1 is 1.23 bits per heavy atom. The van der Waals surface area contributed by atoms with Gasteiger partial charge in [-0.15, -0.1) is 11.3 Å². The number of pyridine rings is 1. The third-order valence-electron chi connectivity index (χ3n) is 6.77. The molecule has 1 amide bonds. The number of carbonyl (C=O) groups excluding carboxylic acids is 1. The maximum Gasteiger partial charge on any atom is 0.245 e. The Hall–Kier alpha value is -3.43. The van der Waals surface area contributed by atoms with Crippen LogP contribution in [0, 0.1) is 11.2 Å². The lowest BCUT2D eigenvalue weighted by molar-refractivity contribution is -0.133. The summed E-state index contributed by atoms with van der Waals surface area (Å²) in [5.41, 5.74) is 0.570. The Balaban J connectivity index is 1.30. The number of carbonyl (C=O) groups is 1. The summed E-state index contributed by atoms with van der Waals surface area (Å²) in [6.07, 6.45) is 2.09. The molecule has 1 aliphatic rings. The fourth-order valence-corrected chi connectivity index (χ4v) is 5.60. The molecule has 1 N–H and O–H groups in total. The third kappa shape index (κ3) is 5.79. The van der Waals surface area contributed by atoms with Gasteiger partial charge >= 0.3 is 0 Å². The van der Waals surface area contributed by atoms with Crippen molar-refractivity contribution < 1.29 is 18.7 Å². The van der Waals surface area contributed by atoms with E-state index in [1.807, 2.05) is 37.8 Å². The smallest absolute Gasteiger partial charge is 0.245 e. The number of benzene rings is 2. The minimum Gasteiger partial charge on any atom is -0.494 e. The van der Waals surface area contributed by atoms with Crippen molar-refractivity contribution in [2.75, 3.05) is 25.5 Å². The van der Waals surface area contributed by atoms with Crippen molar-refractivity contribution in [3.63, 3.8) is 0 Å². The number of hydrogen-bond acceptors (Lipinski definition) is 7. The van der Waals surface area contributed by atoms with Crippen LogP contribution in [0.2, 0.25) is 5.02 Å². The van der Waals surface area contributed by atoms with E-state index < -0.39 is 11.5 Å². The first-order valence-corrected chi connectivity index (χ1v) is 13.9. The molecule has 7 nitrogen and oxygen atoms in total. The highest BCUT2D eigenvalue weighted by Gasteiger charge is 2.38. The van der Waals surface area contributed by atoms with Crippen LogP contribution < -0.4 is 14.8 Å². The van der Waals surface area contributed by atoms with Gasteiger partial charge in [0.1, 0.15) is 23.7 Å². The van der Waals surface area contributed by atoms with Crippen LogP contribution in [-0.4, -0.2) is 53.1 Å². The SMILES string of the molecule is COc1cnc(O[C@@H]2CCN(C(=O)[C@@H](Nc3nc(-c4ccccc4F)cs3)C(C)(C)C)C2)c2cc(Cl)ccc12. The van der Waals surface area contributed by atoms with Gasteiger partial charge in [-0.05, 0) is 35.7 Å². The van der Waals surface area contributed by atoms with Gasteiger partial charge in [-0.3, -0.25) is 4.79 Å². The predicted molar refractivity (Wildman–Crippen MR) is 153 cm³/mol. The summed E-state index contributed by atoms with van der Waals surface area (Å²) in [4.78, 5) is 24.6. The van der Waals surface area contributed by atoms with Gasteiger partial charge in [-0.25, -0.2) is 14.4 Å². The van der Waals surface area contributed by atoms with Crippen LogP contribution in [0.1, 0.15) is 27.2 Å². The summed E-state index contributed by atoms with van der Waals surface area (Å²) in [5, 5.41) is 7.88. The van der Waals surface area contributed by atoms with Crippen LogP contribution in [-0.2, 0) is 4.79 Å². The molecule has 1 fully saturated rings. The molecular weight excluding hydrogens is 539 g/mol. The summed E-state index contributed by atoms with van der Waals surface area (Å²) in [6, 6.07) is 11.5. The summed E-state index contributed by atoms with van der Waals surface area (Å²) in [6.45, 7) is 7.02. The number of hydrogen-bond donors (Lipinski definition) is 1.